The lowest BCUT2D eigenvalue weighted by molar-refractivity contribution is -0.123. The number of carbonyl (C=O) groups excluding carboxylic acids is 1. The number of aromatic nitrogens is 2. The molecule has 0 radical (unpaired) electrons. The van der Waals surface area contributed by atoms with Crippen molar-refractivity contribution in [3.8, 4) is 5.75 Å². The maximum atomic E-state index is 12.4. The molecule has 3 N–H and O–H groups in total. The zero-order valence-corrected chi connectivity index (χ0v) is 19.4. The lowest BCUT2D eigenvalue weighted by Gasteiger charge is -2.18. The molecule has 8 heteroatoms. The highest BCUT2D eigenvalue weighted by molar-refractivity contribution is 5.85. The van der Waals surface area contributed by atoms with Crippen LogP contribution in [0.5, 0.6) is 5.75 Å². The maximum absolute atomic E-state index is 12.4. The standard InChI is InChI=1S/C23H28N4O2.2ClH/c1-17-7-6-10-21(11-17)29-15-18(2)26-23(28)22(24)12-20-14-27(16-25-20)13-19-8-4-3-5-9-19;;/h3-11,14,16,18,22H,12-13,15,24H2,1-2H3,(H,26,28);2*1H/t18?,22-;;/m0../s1. The van der Waals surface area contributed by atoms with Gasteiger partial charge in [-0.3, -0.25) is 4.79 Å². The summed E-state index contributed by atoms with van der Waals surface area (Å²) in [4.78, 5) is 16.8. The second kappa shape index (κ2) is 13.0. The smallest absolute Gasteiger partial charge is 0.237 e. The number of imidazole rings is 1. The maximum Gasteiger partial charge on any atom is 0.237 e. The van der Waals surface area contributed by atoms with E-state index in [9.17, 15) is 4.79 Å². The van der Waals surface area contributed by atoms with Crippen LogP contribution in [0.15, 0.2) is 67.1 Å². The van der Waals surface area contributed by atoms with Crippen LogP contribution < -0.4 is 15.8 Å². The van der Waals surface area contributed by atoms with Gasteiger partial charge in [-0.05, 0) is 37.1 Å². The number of aryl methyl sites for hydroxylation is 1. The second-order valence-corrected chi connectivity index (χ2v) is 7.37. The van der Waals surface area contributed by atoms with E-state index in [0.29, 0.717) is 13.0 Å². The lowest BCUT2D eigenvalue weighted by atomic mass is 10.1. The van der Waals surface area contributed by atoms with Crippen molar-refractivity contribution < 1.29 is 9.53 Å². The van der Waals surface area contributed by atoms with Gasteiger partial charge in [-0.1, -0.05) is 42.5 Å². The van der Waals surface area contributed by atoms with E-state index in [0.717, 1.165) is 23.6 Å². The number of nitrogens with two attached hydrogens (primary N) is 1. The number of carbonyl (C=O) groups is 1. The second-order valence-electron chi connectivity index (χ2n) is 7.37. The Morgan fingerprint density at radius 2 is 1.90 bits per heavy atom. The lowest BCUT2D eigenvalue weighted by Crippen LogP contribution is -2.47. The first-order valence-electron chi connectivity index (χ1n) is 9.79. The molecule has 3 rings (SSSR count). The number of nitrogens with zero attached hydrogens (tertiary/aromatic N) is 2. The van der Waals surface area contributed by atoms with Crippen molar-refractivity contribution in [1.82, 2.24) is 14.9 Å². The van der Waals surface area contributed by atoms with Crippen LogP contribution in [0, 0.1) is 6.92 Å². The van der Waals surface area contributed by atoms with Gasteiger partial charge in [0.25, 0.3) is 0 Å². The normalized spacial score (nSPS) is 12.1. The first-order valence-corrected chi connectivity index (χ1v) is 9.79. The number of ether oxygens (including phenoxy) is 1. The van der Waals surface area contributed by atoms with E-state index in [4.69, 9.17) is 10.5 Å². The quantitative estimate of drug-likeness (QED) is 0.507. The summed E-state index contributed by atoms with van der Waals surface area (Å²) in [6.07, 6.45) is 4.09. The van der Waals surface area contributed by atoms with E-state index >= 15 is 0 Å². The molecule has 1 amide bonds. The topological polar surface area (TPSA) is 82.2 Å². The minimum Gasteiger partial charge on any atom is -0.491 e. The summed E-state index contributed by atoms with van der Waals surface area (Å²) in [5.41, 5.74) is 9.21. The molecule has 0 aliphatic carbocycles. The molecule has 2 atom stereocenters. The predicted octanol–water partition coefficient (Wildman–Crippen LogP) is 3.54. The van der Waals surface area contributed by atoms with E-state index in [2.05, 4.69) is 22.4 Å². The Morgan fingerprint density at radius 1 is 1.16 bits per heavy atom. The largest absolute Gasteiger partial charge is 0.491 e. The van der Waals surface area contributed by atoms with E-state index in [1.165, 1.54) is 5.56 Å². The first-order chi connectivity index (χ1) is 14.0. The first kappa shape index (κ1) is 26.5. The molecule has 1 heterocycles. The summed E-state index contributed by atoms with van der Waals surface area (Å²) in [7, 11) is 0. The molecule has 168 valence electrons. The highest BCUT2D eigenvalue weighted by atomic mass is 35.5. The summed E-state index contributed by atoms with van der Waals surface area (Å²) in [6.45, 7) is 5.03. The van der Waals surface area contributed by atoms with Gasteiger partial charge in [0.05, 0.1) is 24.1 Å². The molecule has 0 aliphatic heterocycles. The molecule has 0 spiro atoms. The Morgan fingerprint density at radius 3 is 2.61 bits per heavy atom. The molecule has 0 saturated carbocycles. The summed E-state index contributed by atoms with van der Waals surface area (Å²) in [6, 6.07) is 17.2. The molecule has 0 saturated heterocycles. The van der Waals surface area contributed by atoms with Gasteiger partial charge in [0.15, 0.2) is 0 Å². The SMILES string of the molecule is Cc1cccc(OCC(C)NC(=O)[C@@H](N)Cc2cn(Cc3ccccc3)cn2)c1.Cl.Cl. The van der Waals surface area contributed by atoms with Crippen LogP contribution in [0.3, 0.4) is 0 Å². The molecule has 1 aromatic heterocycles. The van der Waals surface area contributed by atoms with E-state index < -0.39 is 6.04 Å². The van der Waals surface area contributed by atoms with Gasteiger partial charge < -0.3 is 20.4 Å². The highest BCUT2D eigenvalue weighted by Gasteiger charge is 2.18. The third-order valence-corrected chi connectivity index (χ3v) is 4.54. The van der Waals surface area contributed by atoms with E-state index in [1.54, 1.807) is 6.33 Å². The van der Waals surface area contributed by atoms with Crippen LogP contribution in [0.4, 0.5) is 0 Å². The summed E-state index contributed by atoms with van der Waals surface area (Å²) >= 11 is 0. The fourth-order valence-corrected chi connectivity index (χ4v) is 3.03. The molecular weight excluding hydrogens is 435 g/mol. The Labute approximate surface area is 196 Å². The zero-order chi connectivity index (χ0) is 20.6. The van der Waals surface area contributed by atoms with Crippen molar-refractivity contribution in [2.45, 2.75) is 38.9 Å². The highest BCUT2D eigenvalue weighted by Crippen LogP contribution is 2.12. The summed E-state index contributed by atoms with van der Waals surface area (Å²) < 4.78 is 7.73. The zero-order valence-electron chi connectivity index (χ0n) is 17.7. The van der Waals surface area contributed by atoms with Crippen molar-refractivity contribution >= 4 is 30.7 Å². The minimum atomic E-state index is -0.656. The number of hydrogen-bond acceptors (Lipinski definition) is 4. The van der Waals surface area contributed by atoms with Crippen LogP contribution in [0.25, 0.3) is 0 Å². The van der Waals surface area contributed by atoms with Gasteiger partial charge in [-0.25, -0.2) is 4.98 Å². The molecule has 3 aromatic rings. The molecule has 1 unspecified atom stereocenters. The minimum absolute atomic E-state index is 0. The van der Waals surface area contributed by atoms with Crippen molar-refractivity contribution in [3.63, 3.8) is 0 Å². The van der Waals surface area contributed by atoms with Gasteiger partial charge in [0.1, 0.15) is 12.4 Å². The van der Waals surface area contributed by atoms with Crippen LogP contribution in [0.1, 0.15) is 23.7 Å². The van der Waals surface area contributed by atoms with Crippen LogP contribution in [-0.2, 0) is 17.8 Å². The van der Waals surface area contributed by atoms with Gasteiger partial charge in [-0.2, -0.15) is 0 Å². The fraction of sp³-hybridized carbons (Fsp3) is 0.304. The van der Waals surface area contributed by atoms with Crippen molar-refractivity contribution in [1.29, 1.82) is 0 Å². The third-order valence-electron chi connectivity index (χ3n) is 4.54. The molecule has 6 nitrogen and oxygen atoms in total. The third kappa shape index (κ3) is 8.61. The Kier molecular flexibility index (Phi) is 11.1. The monoisotopic (exact) mass is 464 g/mol. The van der Waals surface area contributed by atoms with E-state index in [-0.39, 0.29) is 36.8 Å². The van der Waals surface area contributed by atoms with Gasteiger partial charge in [0, 0.05) is 19.2 Å². The molecule has 0 aliphatic rings. The summed E-state index contributed by atoms with van der Waals surface area (Å²) in [5, 5.41) is 2.91. The molecular formula is C23H30Cl2N4O2. The molecule has 0 fully saturated rings. The average molecular weight is 465 g/mol. The van der Waals surface area contributed by atoms with Gasteiger partial charge in [0.2, 0.25) is 5.91 Å². The molecule has 31 heavy (non-hydrogen) atoms. The number of benzene rings is 2. The van der Waals surface area contributed by atoms with Gasteiger partial charge in [-0.15, -0.1) is 24.8 Å². The average Bonchev–Trinajstić information content (AvgIpc) is 3.14. The Hall–Kier alpha value is -2.54. The summed E-state index contributed by atoms with van der Waals surface area (Å²) in [5.74, 6) is 0.585. The predicted molar refractivity (Wildman–Crippen MR) is 128 cm³/mol. The number of hydrogen-bond donors (Lipinski definition) is 2. The van der Waals surface area contributed by atoms with Crippen LogP contribution >= 0.6 is 24.8 Å². The van der Waals surface area contributed by atoms with Crippen LogP contribution in [0.2, 0.25) is 0 Å². The molecule has 2 aromatic carbocycles. The number of nitrogens with one attached hydrogen (secondary N) is 1. The Balaban J connectivity index is 0.00000240. The van der Waals surface area contributed by atoms with Crippen molar-refractivity contribution in [2.24, 2.45) is 5.73 Å². The Bertz CT molecular complexity index is 934. The number of rotatable bonds is 9. The van der Waals surface area contributed by atoms with Gasteiger partial charge >= 0.3 is 0 Å². The van der Waals surface area contributed by atoms with Crippen molar-refractivity contribution in [2.75, 3.05) is 6.61 Å². The fourth-order valence-electron chi connectivity index (χ4n) is 3.03. The number of amides is 1. The van der Waals surface area contributed by atoms with Crippen LogP contribution in [-0.4, -0.2) is 34.1 Å². The van der Waals surface area contributed by atoms with E-state index in [1.807, 2.05) is 67.1 Å². The molecule has 0 bridgehead atoms. The van der Waals surface area contributed by atoms with Crippen molar-refractivity contribution in [3.05, 3.63) is 83.9 Å². The number of halogens is 2.